The van der Waals surface area contributed by atoms with Crippen LogP contribution in [0.25, 0.3) is 6.08 Å². The number of benzene rings is 1. The molecule has 0 saturated heterocycles. The lowest BCUT2D eigenvalue weighted by Crippen LogP contribution is -1.88. The molecule has 0 bridgehead atoms. The molecule has 79 valence electrons. The number of hydrogen-bond donors (Lipinski definition) is 0. The van der Waals surface area contributed by atoms with Gasteiger partial charge in [0.25, 0.3) is 0 Å². The number of rotatable bonds is 3. The molecule has 0 aliphatic carbocycles. The van der Waals surface area contributed by atoms with Crippen molar-refractivity contribution in [2.45, 2.75) is 6.42 Å². The van der Waals surface area contributed by atoms with Gasteiger partial charge in [-0.15, -0.1) is 0 Å². The van der Waals surface area contributed by atoms with Crippen molar-refractivity contribution in [3.8, 4) is 0 Å². The SMILES string of the molecule is [CH2]/C=C/c1ccc(Cc2cccnc2)cc1. The third-order valence-corrected chi connectivity index (χ3v) is 2.42. The van der Waals surface area contributed by atoms with Gasteiger partial charge in [0.1, 0.15) is 0 Å². The molecule has 1 heterocycles. The molecule has 0 aliphatic heterocycles. The molecule has 1 aromatic heterocycles. The van der Waals surface area contributed by atoms with Crippen LogP contribution in [0, 0.1) is 6.92 Å². The summed E-state index contributed by atoms with van der Waals surface area (Å²) in [7, 11) is 0. The zero-order valence-electron chi connectivity index (χ0n) is 9.13. The van der Waals surface area contributed by atoms with E-state index in [4.69, 9.17) is 0 Å². The van der Waals surface area contributed by atoms with Crippen molar-refractivity contribution in [3.63, 3.8) is 0 Å². The number of allylic oxidation sites excluding steroid dienone is 1. The van der Waals surface area contributed by atoms with E-state index in [0.29, 0.717) is 0 Å². The van der Waals surface area contributed by atoms with Crippen molar-refractivity contribution in [2.24, 2.45) is 0 Å². The fourth-order valence-corrected chi connectivity index (χ4v) is 1.62. The van der Waals surface area contributed by atoms with Crippen LogP contribution in [0.5, 0.6) is 0 Å². The topological polar surface area (TPSA) is 12.9 Å². The Hall–Kier alpha value is -1.89. The number of hydrogen-bond acceptors (Lipinski definition) is 1. The molecular weight excluding hydrogens is 194 g/mol. The van der Waals surface area contributed by atoms with E-state index < -0.39 is 0 Å². The summed E-state index contributed by atoms with van der Waals surface area (Å²) in [6.07, 6.45) is 8.43. The fourth-order valence-electron chi connectivity index (χ4n) is 1.62. The predicted octanol–water partition coefficient (Wildman–Crippen LogP) is 3.52. The van der Waals surface area contributed by atoms with Gasteiger partial charge < -0.3 is 0 Å². The van der Waals surface area contributed by atoms with Crippen molar-refractivity contribution in [1.82, 2.24) is 4.98 Å². The van der Waals surface area contributed by atoms with Crippen molar-refractivity contribution >= 4 is 6.08 Å². The molecule has 0 N–H and O–H groups in total. The lowest BCUT2D eigenvalue weighted by Gasteiger charge is -2.01. The molecule has 1 radical (unpaired) electrons. The number of nitrogens with zero attached hydrogens (tertiary/aromatic N) is 1. The molecule has 1 nitrogen and oxygen atoms in total. The van der Waals surface area contributed by atoms with Gasteiger partial charge in [-0.1, -0.05) is 42.5 Å². The van der Waals surface area contributed by atoms with Gasteiger partial charge in [-0.05, 0) is 36.1 Å². The summed E-state index contributed by atoms with van der Waals surface area (Å²) >= 11 is 0. The first kappa shape index (κ1) is 10.6. The molecule has 1 aromatic carbocycles. The Labute approximate surface area is 96.5 Å². The van der Waals surface area contributed by atoms with Gasteiger partial charge in [0.05, 0.1) is 0 Å². The smallest absolute Gasteiger partial charge is 0.0303 e. The van der Waals surface area contributed by atoms with Crippen molar-refractivity contribution < 1.29 is 0 Å². The summed E-state index contributed by atoms with van der Waals surface area (Å²) in [6.45, 7) is 3.68. The first-order valence-electron chi connectivity index (χ1n) is 5.32. The second kappa shape index (κ2) is 5.26. The van der Waals surface area contributed by atoms with E-state index in [1.165, 1.54) is 16.7 Å². The lowest BCUT2D eigenvalue weighted by molar-refractivity contribution is 1.14. The molecule has 2 rings (SSSR count). The maximum absolute atomic E-state index is 4.11. The second-order valence-electron chi connectivity index (χ2n) is 3.68. The second-order valence-corrected chi connectivity index (χ2v) is 3.68. The zero-order chi connectivity index (χ0) is 11.2. The summed E-state index contributed by atoms with van der Waals surface area (Å²) in [5, 5.41) is 0. The minimum absolute atomic E-state index is 0.933. The number of aromatic nitrogens is 1. The molecule has 0 atom stereocenters. The predicted molar refractivity (Wildman–Crippen MR) is 67.9 cm³/mol. The average molecular weight is 208 g/mol. The van der Waals surface area contributed by atoms with Gasteiger partial charge in [-0.3, -0.25) is 4.98 Å². The molecule has 0 saturated carbocycles. The largest absolute Gasteiger partial charge is 0.264 e. The highest BCUT2D eigenvalue weighted by atomic mass is 14.6. The van der Waals surface area contributed by atoms with E-state index in [1.807, 2.05) is 18.3 Å². The van der Waals surface area contributed by atoms with Crippen LogP contribution >= 0.6 is 0 Å². The Morgan fingerprint density at radius 3 is 2.50 bits per heavy atom. The van der Waals surface area contributed by atoms with Crippen LogP contribution in [0.4, 0.5) is 0 Å². The first-order chi connectivity index (χ1) is 7.88. The summed E-state index contributed by atoms with van der Waals surface area (Å²) in [6, 6.07) is 12.6. The van der Waals surface area contributed by atoms with Gasteiger partial charge in [0, 0.05) is 12.4 Å². The van der Waals surface area contributed by atoms with Gasteiger partial charge in [0.2, 0.25) is 0 Å². The monoisotopic (exact) mass is 208 g/mol. The molecule has 1 heteroatoms. The summed E-state index contributed by atoms with van der Waals surface area (Å²) in [5.74, 6) is 0. The van der Waals surface area contributed by atoms with Gasteiger partial charge in [-0.2, -0.15) is 0 Å². The Balaban J connectivity index is 2.11. The Morgan fingerprint density at radius 1 is 1.06 bits per heavy atom. The van der Waals surface area contributed by atoms with Crippen LogP contribution in [0.15, 0.2) is 54.9 Å². The quantitative estimate of drug-likeness (QED) is 0.752. The summed E-state index contributed by atoms with van der Waals surface area (Å²) < 4.78 is 0. The standard InChI is InChI=1S/C15H14N/c1-2-4-13-6-8-14(9-7-13)11-15-5-3-10-16-12-15/h2-10,12H,1,11H2/b4-2+. The fraction of sp³-hybridized carbons (Fsp3) is 0.0667. The minimum Gasteiger partial charge on any atom is -0.264 e. The zero-order valence-corrected chi connectivity index (χ0v) is 9.13. The van der Waals surface area contributed by atoms with Gasteiger partial charge >= 0.3 is 0 Å². The molecule has 0 amide bonds. The van der Waals surface area contributed by atoms with E-state index in [2.05, 4.69) is 42.2 Å². The highest BCUT2D eigenvalue weighted by Gasteiger charge is 1.95. The van der Waals surface area contributed by atoms with Crippen molar-refractivity contribution in [3.05, 3.63) is 78.5 Å². The van der Waals surface area contributed by atoms with Crippen LogP contribution < -0.4 is 0 Å². The molecule has 0 aliphatic rings. The summed E-state index contributed by atoms with van der Waals surface area (Å²) in [4.78, 5) is 4.11. The van der Waals surface area contributed by atoms with Crippen molar-refractivity contribution in [1.29, 1.82) is 0 Å². The Kier molecular flexibility index (Phi) is 3.50. The Morgan fingerprint density at radius 2 is 1.88 bits per heavy atom. The maximum atomic E-state index is 4.11. The molecule has 0 spiro atoms. The molecule has 2 aromatic rings. The van der Waals surface area contributed by atoms with Crippen LogP contribution in [0.1, 0.15) is 16.7 Å². The average Bonchev–Trinajstić information content (AvgIpc) is 2.33. The minimum atomic E-state index is 0.933. The van der Waals surface area contributed by atoms with Crippen LogP contribution in [0.3, 0.4) is 0 Å². The van der Waals surface area contributed by atoms with Crippen LogP contribution in [-0.4, -0.2) is 4.98 Å². The van der Waals surface area contributed by atoms with E-state index in [9.17, 15) is 0 Å². The third kappa shape index (κ3) is 2.80. The normalized spacial score (nSPS) is 10.8. The van der Waals surface area contributed by atoms with Crippen LogP contribution in [0.2, 0.25) is 0 Å². The summed E-state index contributed by atoms with van der Waals surface area (Å²) in [5.41, 5.74) is 3.72. The maximum Gasteiger partial charge on any atom is 0.0303 e. The highest BCUT2D eigenvalue weighted by Crippen LogP contribution is 2.10. The van der Waals surface area contributed by atoms with Crippen molar-refractivity contribution in [2.75, 3.05) is 0 Å². The Bertz CT molecular complexity index is 455. The first-order valence-corrected chi connectivity index (χ1v) is 5.32. The van der Waals surface area contributed by atoms with E-state index >= 15 is 0 Å². The molecule has 0 unspecified atom stereocenters. The highest BCUT2D eigenvalue weighted by molar-refractivity contribution is 5.50. The molecule has 16 heavy (non-hydrogen) atoms. The van der Waals surface area contributed by atoms with E-state index in [0.717, 1.165) is 6.42 Å². The number of pyridine rings is 1. The molecular formula is C15H14N. The lowest BCUT2D eigenvalue weighted by atomic mass is 10.0. The van der Waals surface area contributed by atoms with E-state index in [1.54, 1.807) is 12.3 Å². The third-order valence-electron chi connectivity index (χ3n) is 2.42. The van der Waals surface area contributed by atoms with E-state index in [-0.39, 0.29) is 0 Å². The van der Waals surface area contributed by atoms with Gasteiger partial charge in [-0.25, -0.2) is 0 Å². The van der Waals surface area contributed by atoms with Gasteiger partial charge in [0.15, 0.2) is 0 Å². The molecule has 0 fully saturated rings. The van der Waals surface area contributed by atoms with Crippen LogP contribution in [-0.2, 0) is 6.42 Å².